The smallest absolute Gasteiger partial charge is 0.256 e. The largest absolute Gasteiger partial charge is 0.340 e. The molecule has 1 amide bonds. The lowest BCUT2D eigenvalue weighted by atomic mass is 9.98. The number of hydrogen-bond acceptors (Lipinski definition) is 7. The SMILES string of the molecule is Cc1cn2nc([C@@H]3CCCCN3C(=O)c3cc(Cl)ccc3NS(C)(=O)=O)cc2nc1N1CCCC1C#N. The molecule has 2 atom stereocenters. The Labute approximate surface area is 220 Å². The van der Waals surface area contributed by atoms with Gasteiger partial charge in [0.25, 0.3) is 5.91 Å². The molecule has 0 saturated carbocycles. The first-order valence-electron chi connectivity index (χ1n) is 12.3. The topological polar surface area (TPSA) is 124 Å². The van der Waals surface area contributed by atoms with Gasteiger partial charge in [-0.15, -0.1) is 0 Å². The average Bonchev–Trinajstić information content (AvgIpc) is 3.49. The number of nitrogens with one attached hydrogen (secondary N) is 1. The monoisotopic (exact) mass is 541 g/mol. The molecule has 2 aliphatic rings. The van der Waals surface area contributed by atoms with Gasteiger partial charge in [-0.3, -0.25) is 9.52 Å². The summed E-state index contributed by atoms with van der Waals surface area (Å²) in [6.07, 6.45) is 7.21. The lowest BCUT2D eigenvalue weighted by Crippen LogP contribution is -2.39. The van der Waals surface area contributed by atoms with Gasteiger partial charge >= 0.3 is 0 Å². The summed E-state index contributed by atoms with van der Waals surface area (Å²) in [6, 6.07) is 8.32. The van der Waals surface area contributed by atoms with Crippen LogP contribution in [-0.2, 0) is 10.0 Å². The molecule has 0 aliphatic carbocycles. The minimum atomic E-state index is -3.59. The predicted octanol–water partition coefficient (Wildman–Crippen LogP) is 3.92. The van der Waals surface area contributed by atoms with Crippen molar-refractivity contribution in [2.24, 2.45) is 0 Å². The van der Waals surface area contributed by atoms with Crippen LogP contribution in [0.2, 0.25) is 5.02 Å². The Morgan fingerprint density at radius 3 is 2.76 bits per heavy atom. The van der Waals surface area contributed by atoms with Gasteiger partial charge in [-0.2, -0.15) is 10.4 Å². The van der Waals surface area contributed by atoms with Crippen LogP contribution in [0.25, 0.3) is 5.65 Å². The van der Waals surface area contributed by atoms with Gasteiger partial charge < -0.3 is 9.80 Å². The maximum atomic E-state index is 13.8. The van der Waals surface area contributed by atoms with Gasteiger partial charge in [0, 0.05) is 35.9 Å². The lowest BCUT2D eigenvalue weighted by Gasteiger charge is -2.35. The van der Waals surface area contributed by atoms with E-state index in [0.717, 1.165) is 62.0 Å². The molecule has 0 bridgehead atoms. The van der Waals surface area contributed by atoms with Crippen LogP contribution < -0.4 is 9.62 Å². The van der Waals surface area contributed by atoms with Crippen molar-refractivity contribution in [1.29, 1.82) is 5.26 Å². The van der Waals surface area contributed by atoms with Crippen molar-refractivity contribution in [1.82, 2.24) is 19.5 Å². The molecule has 5 rings (SSSR count). The number of hydrogen-bond donors (Lipinski definition) is 1. The van der Waals surface area contributed by atoms with Gasteiger partial charge in [0.2, 0.25) is 10.0 Å². The molecule has 2 saturated heterocycles. The van der Waals surface area contributed by atoms with Crippen LogP contribution in [0.5, 0.6) is 0 Å². The van der Waals surface area contributed by atoms with Crippen LogP contribution in [-0.4, -0.2) is 59.2 Å². The van der Waals surface area contributed by atoms with E-state index >= 15 is 0 Å². The standard InChI is InChI=1S/C25H28ClN7O3S/c1-16-15-33-23(28-24(16)31-11-5-6-18(31)14-27)13-21(29-33)22-7-3-4-10-32(22)25(34)19-12-17(26)8-9-20(19)30-37(2,35)36/h8-9,12-13,15,18,22,30H,3-7,10-11H2,1-2H3/t18?,22-/m0/s1. The van der Waals surface area contributed by atoms with E-state index in [1.54, 1.807) is 15.5 Å². The van der Waals surface area contributed by atoms with E-state index in [2.05, 4.69) is 10.8 Å². The van der Waals surface area contributed by atoms with Crippen molar-refractivity contribution < 1.29 is 13.2 Å². The molecule has 0 radical (unpaired) electrons. The Morgan fingerprint density at radius 1 is 1.19 bits per heavy atom. The normalized spacial score (nSPS) is 20.3. The van der Waals surface area contributed by atoms with Crippen LogP contribution in [0.4, 0.5) is 11.5 Å². The number of fused-ring (bicyclic) bond motifs is 1. The number of likely N-dealkylation sites (tertiary alicyclic amines) is 1. The number of anilines is 2. The van der Waals surface area contributed by atoms with Crippen molar-refractivity contribution in [2.75, 3.05) is 29.0 Å². The van der Waals surface area contributed by atoms with Crippen molar-refractivity contribution in [3.8, 4) is 6.07 Å². The summed E-state index contributed by atoms with van der Waals surface area (Å²) >= 11 is 6.19. The molecule has 12 heteroatoms. The van der Waals surface area contributed by atoms with E-state index in [4.69, 9.17) is 21.7 Å². The average molecular weight is 542 g/mol. The third-order valence-corrected chi connectivity index (χ3v) is 7.74. The summed E-state index contributed by atoms with van der Waals surface area (Å²) in [6.45, 7) is 3.26. The first kappa shape index (κ1) is 25.3. The molecule has 2 aromatic heterocycles. The first-order chi connectivity index (χ1) is 17.6. The summed E-state index contributed by atoms with van der Waals surface area (Å²) in [5.74, 6) is 0.476. The maximum Gasteiger partial charge on any atom is 0.256 e. The molecule has 37 heavy (non-hydrogen) atoms. The highest BCUT2D eigenvalue weighted by Gasteiger charge is 2.33. The number of benzene rings is 1. The second-order valence-electron chi connectivity index (χ2n) is 9.67. The van der Waals surface area contributed by atoms with E-state index in [1.807, 2.05) is 24.1 Å². The number of aromatic nitrogens is 3. The fourth-order valence-corrected chi connectivity index (χ4v) is 6.00. The van der Waals surface area contributed by atoms with E-state index in [9.17, 15) is 18.5 Å². The first-order valence-corrected chi connectivity index (χ1v) is 14.5. The molecule has 10 nitrogen and oxygen atoms in total. The number of nitrogens with zero attached hydrogens (tertiary/aromatic N) is 6. The van der Waals surface area contributed by atoms with Gasteiger partial charge in [0.05, 0.1) is 35.3 Å². The van der Waals surface area contributed by atoms with Gasteiger partial charge in [-0.05, 0) is 57.2 Å². The highest BCUT2D eigenvalue weighted by Crippen LogP contribution is 2.35. The molecule has 2 fully saturated rings. The summed E-state index contributed by atoms with van der Waals surface area (Å²) in [5.41, 5.74) is 2.68. The fraction of sp³-hybridized carbons (Fsp3) is 0.440. The molecule has 2 aliphatic heterocycles. The van der Waals surface area contributed by atoms with Crippen LogP contribution >= 0.6 is 11.6 Å². The maximum absolute atomic E-state index is 13.8. The number of piperidine rings is 1. The Bertz CT molecular complexity index is 1510. The highest BCUT2D eigenvalue weighted by atomic mass is 35.5. The minimum Gasteiger partial charge on any atom is -0.340 e. The molecule has 1 N–H and O–H groups in total. The Hall–Kier alpha value is -3.36. The molecular weight excluding hydrogens is 514 g/mol. The molecule has 0 spiro atoms. The molecule has 1 unspecified atom stereocenters. The number of carbonyl (C=O) groups excluding carboxylic acids is 1. The molecule has 1 aromatic carbocycles. The number of aryl methyl sites for hydroxylation is 1. The van der Waals surface area contributed by atoms with E-state index in [-0.39, 0.29) is 29.2 Å². The minimum absolute atomic E-state index is 0.185. The predicted molar refractivity (Wildman–Crippen MR) is 141 cm³/mol. The van der Waals surface area contributed by atoms with Crippen LogP contribution in [0.3, 0.4) is 0 Å². The quantitative estimate of drug-likeness (QED) is 0.519. The third-order valence-electron chi connectivity index (χ3n) is 6.91. The number of carbonyl (C=O) groups is 1. The van der Waals surface area contributed by atoms with Crippen molar-refractivity contribution in [2.45, 2.75) is 51.1 Å². The van der Waals surface area contributed by atoms with Crippen LogP contribution in [0.15, 0.2) is 30.5 Å². The third kappa shape index (κ3) is 5.08. The lowest BCUT2D eigenvalue weighted by molar-refractivity contribution is 0.0607. The molecule has 194 valence electrons. The molecule has 3 aromatic rings. The number of halogens is 1. The molecular formula is C25H28ClN7O3S. The number of rotatable bonds is 5. The van der Waals surface area contributed by atoms with Crippen molar-refractivity contribution in [3.05, 3.63) is 52.3 Å². The second kappa shape index (κ2) is 9.84. The van der Waals surface area contributed by atoms with Gasteiger partial charge in [-0.25, -0.2) is 17.9 Å². The Balaban J connectivity index is 1.50. The number of amides is 1. The zero-order valence-electron chi connectivity index (χ0n) is 20.7. The fourth-order valence-electron chi connectivity index (χ4n) is 5.25. The van der Waals surface area contributed by atoms with Crippen LogP contribution in [0.1, 0.15) is 59.8 Å². The zero-order chi connectivity index (χ0) is 26.3. The van der Waals surface area contributed by atoms with Crippen LogP contribution in [0, 0.1) is 18.3 Å². The summed E-state index contributed by atoms with van der Waals surface area (Å²) in [5, 5.41) is 14.6. The van der Waals surface area contributed by atoms with Crippen molar-refractivity contribution in [3.63, 3.8) is 0 Å². The summed E-state index contributed by atoms with van der Waals surface area (Å²) in [4.78, 5) is 22.4. The van der Waals surface area contributed by atoms with E-state index in [1.165, 1.54) is 12.1 Å². The van der Waals surface area contributed by atoms with Crippen molar-refractivity contribution >= 4 is 44.7 Å². The Kier molecular flexibility index (Phi) is 6.72. The number of sulfonamides is 1. The van der Waals surface area contributed by atoms with E-state index < -0.39 is 10.0 Å². The zero-order valence-corrected chi connectivity index (χ0v) is 22.3. The van der Waals surface area contributed by atoms with Gasteiger partial charge in [0.15, 0.2) is 5.65 Å². The summed E-state index contributed by atoms with van der Waals surface area (Å²) < 4.78 is 28.0. The summed E-state index contributed by atoms with van der Waals surface area (Å²) in [7, 11) is -3.59. The number of nitriles is 1. The highest BCUT2D eigenvalue weighted by molar-refractivity contribution is 7.92. The van der Waals surface area contributed by atoms with E-state index in [0.29, 0.717) is 17.2 Å². The second-order valence-corrected chi connectivity index (χ2v) is 11.9. The Morgan fingerprint density at radius 2 is 2.00 bits per heavy atom. The van der Waals surface area contributed by atoms with Gasteiger partial charge in [-0.1, -0.05) is 11.6 Å². The molecule has 4 heterocycles. The van der Waals surface area contributed by atoms with Gasteiger partial charge in [0.1, 0.15) is 11.9 Å².